The van der Waals surface area contributed by atoms with E-state index in [1.165, 1.54) is 11.3 Å². The van der Waals surface area contributed by atoms with Crippen molar-refractivity contribution in [2.75, 3.05) is 6.54 Å². The number of hydrogen-bond acceptors (Lipinski definition) is 5. The number of fused-ring (bicyclic) bond motifs is 1. The van der Waals surface area contributed by atoms with Crippen LogP contribution in [0.5, 0.6) is 0 Å². The summed E-state index contributed by atoms with van der Waals surface area (Å²) in [5.41, 5.74) is 2.56. The van der Waals surface area contributed by atoms with Crippen molar-refractivity contribution in [1.82, 2.24) is 15.2 Å². The highest BCUT2D eigenvalue weighted by Crippen LogP contribution is 2.38. The van der Waals surface area contributed by atoms with Crippen LogP contribution in [0, 0.1) is 0 Å². The number of halogens is 5. The van der Waals surface area contributed by atoms with Crippen molar-refractivity contribution >= 4 is 81.3 Å². The molecule has 4 rings (SSSR count). The van der Waals surface area contributed by atoms with Crippen LogP contribution in [0.25, 0.3) is 5.57 Å². The number of nitrogens with one attached hydrogen (secondary N) is 2. The van der Waals surface area contributed by atoms with Crippen LogP contribution in [-0.2, 0) is 12.8 Å². The summed E-state index contributed by atoms with van der Waals surface area (Å²) in [4.78, 5) is 12.1. The first-order chi connectivity index (χ1) is 15.8. The van der Waals surface area contributed by atoms with Gasteiger partial charge in [-0.05, 0) is 54.1 Å². The van der Waals surface area contributed by atoms with E-state index in [4.69, 9.17) is 50.9 Å². The molecule has 0 bridgehead atoms. The Morgan fingerprint density at radius 2 is 2.00 bits per heavy atom. The molecular formula is C21H16Cl4FN3O2S2. The molecule has 1 aliphatic rings. The van der Waals surface area contributed by atoms with Crippen molar-refractivity contribution in [2.24, 2.45) is 0 Å². The minimum absolute atomic E-state index is 0.264. The monoisotopic (exact) mass is 565 g/mol. The van der Waals surface area contributed by atoms with E-state index in [0.29, 0.717) is 65.5 Å². The first-order valence-electron chi connectivity index (χ1n) is 9.76. The van der Waals surface area contributed by atoms with Gasteiger partial charge in [0.1, 0.15) is 15.9 Å². The summed E-state index contributed by atoms with van der Waals surface area (Å²) in [6, 6.07) is 6.32. The number of amides is 2. The third-order valence-corrected chi connectivity index (χ3v) is 8.29. The predicted molar refractivity (Wildman–Crippen MR) is 133 cm³/mol. The summed E-state index contributed by atoms with van der Waals surface area (Å²) in [6.45, 7) is -0.264. The molecule has 33 heavy (non-hydrogen) atoms. The van der Waals surface area contributed by atoms with Gasteiger partial charge in [-0.25, -0.2) is 9.18 Å². The molecule has 0 atom stereocenters. The average Bonchev–Trinajstić information content (AvgIpc) is 3.34. The fourth-order valence-electron chi connectivity index (χ4n) is 3.44. The van der Waals surface area contributed by atoms with E-state index in [9.17, 15) is 4.79 Å². The third-order valence-electron chi connectivity index (χ3n) is 4.94. The number of nitrogens with zero attached hydrogens (tertiary/aromatic N) is 1. The van der Waals surface area contributed by atoms with Gasteiger partial charge in [0, 0.05) is 28.5 Å². The average molecular weight is 567 g/mol. The maximum Gasteiger partial charge on any atom is 0.325 e. The Hall–Kier alpha value is -1.42. The summed E-state index contributed by atoms with van der Waals surface area (Å²) in [7, 11) is 0. The maximum atomic E-state index is 15.2. The summed E-state index contributed by atoms with van der Waals surface area (Å²) in [5, 5.41) is 8.15. The van der Waals surface area contributed by atoms with Gasteiger partial charge in [0.05, 0.1) is 21.5 Å². The lowest BCUT2D eigenvalue weighted by Gasteiger charge is -2.16. The van der Waals surface area contributed by atoms with Crippen molar-refractivity contribution in [3.8, 4) is 0 Å². The van der Waals surface area contributed by atoms with Crippen LogP contribution < -0.4 is 10.0 Å². The summed E-state index contributed by atoms with van der Waals surface area (Å²) in [5.74, 6) is 0.197. The highest BCUT2D eigenvalue weighted by molar-refractivity contribution is 7.99. The largest absolute Gasteiger partial charge is 0.360 e. The van der Waals surface area contributed by atoms with Gasteiger partial charge < -0.3 is 9.84 Å². The predicted octanol–water partition coefficient (Wildman–Crippen LogP) is 7.96. The standard InChI is InChI=1S/C21H16Cl4FN3O2S2/c22-11-5-4-10(13(23)7-11)6-16-19-12(2-1-3-17(19)31-28-16)15(26)9-27-21(30)29-33-18-8-14(24)20(25)32-18/h4-5,7-8H,1-3,6,9H2,(H2,27,29,30)/b15-12-. The minimum atomic E-state index is -0.536. The summed E-state index contributed by atoms with van der Waals surface area (Å²) < 4.78 is 24.4. The van der Waals surface area contributed by atoms with Gasteiger partial charge >= 0.3 is 6.03 Å². The molecule has 0 saturated heterocycles. The summed E-state index contributed by atoms with van der Waals surface area (Å²) >= 11 is 26.4. The number of rotatable bonds is 6. The first-order valence-corrected chi connectivity index (χ1v) is 12.9. The van der Waals surface area contributed by atoms with Crippen LogP contribution in [-0.4, -0.2) is 17.7 Å². The summed E-state index contributed by atoms with van der Waals surface area (Å²) in [6.07, 6.45) is 2.30. The zero-order valence-electron chi connectivity index (χ0n) is 16.8. The van der Waals surface area contributed by atoms with E-state index in [2.05, 4.69) is 15.2 Å². The number of carbonyl (C=O) groups excluding carboxylic acids is 1. The molecular weight excluding hydrogens is 551 g/mol. The first kappa shape index (κ1) is 24.7. The Labute approximate surface area is 217 Å². The molecule has 0 saturated carbocycles. The molecule has 0 spiro atoms. The minimum Gasteiger partial charge on any atom is -0.360 e. The van der Waals surface area contributed by atoms with Gasteiger partial charge in [0.25, 0.3) is 0 Å². The van der Waals surface area contributed by atoms with Crippen molar-refractivity contribution in [3.63, 3.8) is 0 Å². The van der Waals surface area contributed by atoms with Gasteiger partial charge in [0.2, 0.25) is 0 Å². The number of benzene rings is 1. The second-order valence-corrected chi connectivity index (χ2v) is 11.2. The van der Waals surface area contributed by atoms with E-state index in [-0.39, 0.29) is 6.54 Å². The van der Waals surface area contributed by atoms with Crippen LogP contribution in [0.3, 0.4) is 0 Å². The van der Waals surface area contributed by atoms with Crippen LogP contribution >= 0.6 is 69.7 Å². The molecule has 1 aliphatic carbocycles. The highest BCUT2D eigenvalue weighted by atomic mass is 35.5. The molecule has 174 valence electrons. The molecule has 5 nitrogen and oxygen atoms in total. The normalized spacial score (nSPS) is 14.7. The van der Waals surface area contributed by atoms with E-state index >= 15 is 4.39 Å². The molecule has 3 aromatic rings. The quantitative estimate of drug-likeness (QED) is 0.297. The molecule has 0 fully saturated rings. The van der Waals surface area contributed by atoms with Crippen molar-refractivity contribution < 1.29 is 13.7 Å². The molecule has 2 heterocycles. The lowest BCUT2D eigenvalue weighted by Crippen LogP contribution is -2.32. The Morgan fingerprint density at radius 3 is 2.73 bits per heavy atom. The molecule has 2 amide bonds. The van der Waals surface area contributed by atoms with Gasteiger partial charge in [0.15, 0.2) is 0 Å². The molecule has 12 heteroatoms. The van der Waals surface area contributed by atoms with Crippen molar-refractivity contribution in [1.29, 1.82) is 0 Å². The van der Waals surface area contributed by atoms with Gasteiger partial charge in [-0.15, -0.1) is 11.3 Å². The number of urea groups is 1. The van der Waals surface area contributed by atoms with Crippen LogP contribution in [0.1, 0.15) is 35.4 Å². The number of allylic oxidation sites excluding steroid dienone is 1. The van der Waals surface area contributed by atoms with Gasteiger partial charge in [-0.2, -0.15) is 0 Å². The Morgan fingerprint density at radius 1 is 1.18 bits per heavy atom. The third kappa shape index (κ3) is 5.99. The highest BCUT2D eigenvalue weighted by Gasteiger charge is 2.27. The van der Waals surface area contributed by atoms with Crippen LogP contribution in [0.15, 0.2) is 38.8 Å². The maximum absolute atomic E-state index is 15.2. The number of hydrogen-bond donors (Lipinski definition) is 2. The van der Waals surface area contributed by atoms with E-state index < -0.39 is 11.9 Å². The van der Waals surface area contributed by atoms with Crippen molar-refractivity contribution in [3.05, 3.63) is 72.1 Å². The van der Waals surface area contributed by atoms with Gasteiger partial charge in [-0.1, -0.05) is 57.6 Å². The lowest BCUT2D eigenvalue weighted by molar-refractivity contribution is 0.246. The van der Waals surface area contributed by atoms with Crippen LogP contribution in [0.4, 0.5) is 9.18 Å². The zero-order chi connectivity index (χ0) is 23.5. The second kappa shape index (κ2) is 10.9. The lowest BCUT2D eigenvalue weighted by atomic mass is 9.89. The van der Waals surface area contributed by atoms with Crippen LogP contribution in [0.2, 0.25) is 19.4 Å². The SMILES string of the molecule is O=C(NC/C(F)=C1\CCCc2onc(Cc3ccc(Cl)cc3Cl)c21)NSc1cc(Cl)c(Cl)s1. The fraction of sp³-hybridized carbons (Fsp3) is 0.238. The van der Waals surface area contributed by atoms with E-state index in [0.717, 1.165) is 23.9 Å². The molecule has 0 radical (unpaired) electrons. The number of thiophene rings is 1. The second-order valence-electron chi connectivity index (χ2n) is 7.15. The molecule has 0 unspecified atom stereocenters. The Kier molecular flexibility index (Phi) is 8.15. The zero-order valence-corrected chi connectivity index (χ0v) is 21.5. The molecule has 2 aromatic heterocycles. The number of aryl methyl sites for hydroxylation is 1. The Bertz CT molecular complexity index is 1210. The number of aromatic nitrogens is 1. The Balaban J connectivity index is 1.45. The van der Waals surface area contributed by atoms with Gasteiger partial charge in [-0.3, -0.25) is 4.72 Å². The molecule has 2 N–H and O–H groups in total. The molecule has 0 aliphatic heterocycles. The number of carbonyl (C=O) groups is 1. The fourth-order valence-corrected chi connectivity index (χ4v) is 6.20. The smallest absolute Gasteiger partial charge is 0.325 e. The topological polar surface area (TPSA) is 67.2 Å². The van der Waals surface area contributed by atoms with E-state index in [1.807, 2.05) is 6.07 Å². The molecule has 1 aromatic carbocycles. The van der Waals surface area contributed by atoms with E-state index in [1.54, 1.807) is 18.2 Å². The van der Waals surface area contributed by atoms with Crippen molar-refractivity contribution in [2.45, 2.75) is 29.9 Å².